The van der Waals surface area contributed by atoms with E-state index in [1.54, 1.807) is 0 Å². The molecular formula is C12H32N2O2Si2. The lowest BCUT2D eigenvalue weighted by molar-refractivity contribution is 0.341. The Kier molecular flexibility index (Phi) is 12.5. The van der Waals surface area contributed by atoms with Crippen molar-refractivity contribution < 1.29 is 8.85 Å². The fraction of sp³-hybridized carbons (Fsp3) is 1.00. The summed E-state index contributed by atoms with van der Waals surface area (Å²) in [5.41, 5.74) is 12.0. The van der Waals surface area contributed by atoms with Crippen LogP contribution in [0, 0.1) is 0 Å². The van der Waals surface area contributed by atoms with Gasteiger partial charge in [-0.2, -0.15) is 0 Å². The molecule has 0 aromatic carbocycles. The number of hydrogen-bond donors (Lipinski definition) is 2. The minimum Gasteiger partial charge on any atom is -0.424 e. The molecule has 0 heterocycles. The Hall–Kier alpha value is 0.274. The van der Waals surface area contributed by atoms with Crippen molar-refractivity contribution in [2.75, 3.05) is 19.8 Å². The van der Waals surface area contributed by atoms with Crippen LogP contribution in [0.2, 0.25) is 12.1 Å². The Bertz CT molecular complexity index is 171. The molecule has 0 saturated heterocycles. The number of hydrogen-bond acceptors (Lipinski definition) is 4. The van der Waals surface area contributed by atoms with E-state index in [0.717, 1.165) is 26.1 Å². The van der Waals surface area contributed by atoms with Gasteiger partial charge in [0.15, 0.2) is 19.5 Å². The van der Waals surface area contributed by atoms with E-state index in [0.29, 0.717) is 6.54 Å². The van der Waals surface area contributed by atoms with Crippen LogP contribution in [0.1, 0.15) is 39.5 Å². The first-order valence-corrected chi connectivity index (χ1v) is 10.5. The standard InChI is InChI=1S/C12H32N2O2Si2/c1-3-15-17-9-5-7-12(14,11-13)8-6-10-18-16-4-2/h3-11,13-14,17-18H2,1-2H3. The summed E-state index contributed by atoms with van der Waals surface area (Å²) in [5.74, 6) is 0. The summed E-state index contributed by atoms with van der Waals surface area (Å²) in [6.45, 7) is 6.43. The molecule has 0 saturated carbocycles. The topological polar surface area (TPSA) is 70.5 Å². The van der Waals surface area contributed by atoms with Gasteiger partial charge >= 0.3 is 0 Å². The van der Waals surface area contributed by atoms with Crippen LogP contribution in [-0.4, -0.2) is 44.8 Å². The molecule has 18 heavy (non-hydrogen) atoms. The number of nitrogens with two attached hydrogens (primary N) is 2. The van der Waals surface area contributed by atoms with E-state index in [9.17, 15) is 0 Å². The third-order valence-corrected chi connectivity index (χ3v) is 6.21. The van der Waals surface area contributed by atoms with Gasteiger partial charge in [-0.3, -0.25) is 0 Å². The van der Waals surface area contributed by atoms with E-state index >= 15 is 0 Å². The minimum absolute atomic E-state index is 0.152. The van der Waals surface area contributed by atoms with Crippen molar-refractivity contribution in [3.8, 4) is 0 Å². The summed E-state index contributed by atoms with van der Waals surface area (Å²) >= 11 is 0. The summed E-state index contributed by atoms with van der Waals surface area (Å²) in [7, 11) is -0.611. The van der Waals surface area contributed by atoms with Crippen molar-refractivity contribution in [2.45, 2.75) is 57.2 Å². The third kappa shape index (κ3) is 10.2. The molecule has 0 unspecified atom stereocenters. The predicted molar refractivity (Wildman–Crippen MR) is 84.4 cm³/mol. The van der Waals surface area contributed by atoms with Gasteiger partial charge in [0, 0.05) is 25.3 Å². The molecule has 4 nitrogen and oxygen atoms in total. The fourth-order valence-electron chi connectivity index (χ4n) is 1.98. The van der Waals surface area contributed by atoms with Gasteiger partial charge in [0.1, 0.15) is 0 Å². The average molecular weight is 293 g/mol. The zero-order valence-corrected chi connectivity index (χ0v) is 15.1. The average Bonchev–Trinajstić information content (AvgIpc) is 2.38. The lowest BCUT2D eigenvalue weighted by Gasteiger charge is -2.28. The van der Waals surface area contributed by atoms with Crippen molar-refractivity contribution in [2.24, 2.45) is 11.5 Å². The highest BCUT2D eigenvalue weighted by Gasteiger charge is 2.21. The molecule has 0 aliphatic rings. The van der Waals surface area contributed by atoms with Crippen LogP contribution in [0.4, 0.5) is 0 Å². The van der Waals surface area contributed by atoms with Gasteiger partial charge in [-0.25, -0.2) is 0 Å². The molecule has 0 spiro atoms. The van der Waals surface area contributed by atoms with E-state index in [4.69, 9.17) is 20.3 Å². The van der Waals surface area contributed by atoms with Crippen LogP contribution in [0.25, 0.3) is 0 Å². The second-order valence-electron chi connectivity index (χ2n) is 4.87. The van der Waals surface area contributed by atoms with Crippen LogP contribution in [-0.2, 0) is 8.85 Å². The highest BCUT2D eigenvalue weighted by atomic mass is 28.2. The SMILES string of the molecule is CCO[SiH2]CCCC(N)(CN)CCC[SiH2]OCC. The van der Waals surface area contributed by atoms with E-state index in [1.165, 1.54) is 24.9 Å². The predicted octanol–water partition coefficient (Wildman–Crippen LogP) is 0.280. The second kappa shape index (κ2) is 12.3. The summed E-state index contributed by atoms with van der Waals surface area (Å²) in [6, 6.07) is 2.45. The summed E-state index contributed by atoms with van der Waals surface area (Å²) in [6.07, 6.45) is 4.42. The lowest BCUT2D eigenvalue weighted by Crippen LogP contribution is -2.47. The van der Waals surface area contributed by atoms with Crippen LogP contribution in [0.3, 0.4) is 0 Å². The molecule has 110 valence electrons. The molecule has 0 aromatic rings. The van der Waals surface area contributed by atoms with E-state index in [1.807, 2.05) is 0 Å². The zero-order valence-electron chi connectivity index (χ0n) is 12.2. The molecule has 4 N–H and O–H groups in total. The lowest BCUT2D eigenvalue weighted by atomic mass is 9.90. The highest BCUT2D eigenvalue weighted by Crippen LogP contribution is 2.18. The number of rotatable bonds is 13. The molecule has 0 aromatic heterocycles. The monoisotopic (exact) mass is 292 g/mol. The Morgan fingerprint density at radius 1 is 0.944 bits per heavy atom. The molecule has 0 rings (SSSR count). The van der Waals surface area contributed by atoms with Gasteiger partial charge in [-0.05, 0) is 38.8 Å². The normalized spacial score (nSPS) is 16.0. The molecule has 0 radical (unpaired) electrons. The van der Waals surface area contributed by atoms with E-state index < -0.39 is 0 Å². The summed E-state index contributed by atoms with van der Waals surface area (Å²) in [4.78, 5) is 0. The van der Waals surface area contributed by atoms with Gasteiger partial charge in [0.25, 0.3) is 0 Å². The van der Waals surface area contributed by atoms with Crippen LogP contribution in [0.5, 0.6) is 0 Å². The largest absolute Gasteiger partial charge is 0.424 e. The van der Waals surface area contributed by atoms with Gasteiger partial charge < -0.3 is 20.3 Å². The Morgan fingerprint density at radius 3 is 1.72 bits per heavy atom. The van der Waals surface area contributed by atoms with Crippen LogP contribution < -0.4 is 11.5 Å². The quantitative estimate of drug-likeness (QED) is 0.378. The van der Waals surface area contributed by atoms with Crippen molar-refractivity contribution in [3.63, 3.8) is 0 Å². The second-order valence-corrected chi connectivity index (χ2v) is 7.92. The van der Waals surface area contributed by atoms with Gasteiger partial charge in [-0.15, -0.1) is 0 Å². The first-order chi connectivity index (χ1) is 8.68. The van der Waals surface area contributed by atoms with Crippen LogP contribution in [0.15, 0.2) is 0 Å². The molecule has 0 fully saturated rings. The molecule has 0 aliphatic heterocycles. The maximum absolute atomic E-state index is 6.35. The summed E-state index contributed by atoms with van der Waals surface area (Å²) < 4.78 is 10.9. The van der Waals surface area contributed by atoms with Crippen molar-refractivity contribution in [1.29, 1.82) is 0 Å². The van der Waals surface area contributed by atoms with Gasteiger partial charge in [0.2, 0.25) is 0 Å². The molecule has 0 atom stereocenters. The Balaban J connectivity index is 3.60. The highest BCUT2D eigenvalue weighted by molar-refractivity contribution is 6.27. The van der Waals surface area contributed by atoms with Gasteiger partial charge in [0.05, 0.1) is 0 Å². The summed E-state index contributed by atoms with van der Waals surface area (Å²) in [5, 5.41) is 0. The molecule has 0 amide bonds. The maximum Gasteiger partial charge on any atom is 0.161 e. The molecule has 0 bridgehead atoms. The van der Waals surface area contributed by atoms with Crippen molar-refractivity contribution in [1.82, 2.24) is 0 Å². The first-order valence-electron chi connectivity index (χ1n) is 7.33. The van der Waals surface area contributed by atoms with Gasteiger partial charge in [-0.1, -0.05) is 12.8 Å². The first kappa shape index (κ1) is 18.3. The maximum atomic E-state index is 6.35. The van der Waals surface area contributed by atoms with Crippen molar-refractivity contribution in [3.05, 3.63) is 0 Å². The Morgan fingerprint density at radius 2 is 1.39 bits per heavy atom. The third-order valence-electron chi connectivity index (χ3n) is 3.24. The van der Waals surface area contributed by atoms with E-state index in [2.05, 4.69) is 13.8 Å². The Labute approximate surface area is 117 Å². The fourth-order valence-corrected chi connectivity index (χ4v) is 3.87. The van der Waals surface area contributed by atoms with E-state index in [-0.39, 0.29) is 25.1 Å². The van der Waals surface area contributed by atoms with Crippen LogP contribution >= 0.6 is 0 Å². The molecule has 6 heteroatoms. The smallest absolute Gasteiger partial charge is 0.161 e. The van der Waals surface area contributed by atoms with Crippen molar-refractivity contribution >= 4 is 19.5 Å². The zero-order chi connectivity index (χ0) is 13.7. The molecular weight excluding hydrogens is 260 g/mol. The molecule has 0 aliphatic carbocycles. The minimum atomic E-state index is -0.305.